The maximum absolute atomic E-state index is 14.0. The van der Waals surface area contributed by atoms with Gasteiger partial charge in [-0.3, -0.25) is 4.79 Å². The molecule has 0 radical (unpaired) electrons. The summed E-state index contributed by atoms with van der Waals surface area (Å²) < 4.78 is 58.7. The Morgan fingerprint density at radius 3 is 2.38 bits per heavy atom. The van der Waals surface area contributed by atoms with E-state index < -0.39 is 23.1 Å². The minimum atomic E-state index is -4.95. The Labute approximate surface area is 210 Å². The highest BCUT2D eigenvalue weighted by Crippen LogP contribution is 2.40. The molecule has 1 heterocycles. The van der Waals surface area contributed by atoms with Gasteiger partial charge in [0.2, 0.25) is 11.2 Å². The fourth-order valence-electron chi connectivity index (χ4n) is 4.27. The highest BCUT2D eigenvalue weighted by atomic mass is 19.4. The lowest BCUT2D eigenvalue weighted by atomic mass is 10.0. The summed E-state index contributed by atoms with van der Waals surface area (Å²) >= 11 is 0. The average Bonchev–Trinajstić information content (AvgIpc) is 2.88. The second-order valence-corrected chi connectivity index (χ2v) is 8.97. The van der Waals surface area contributed by atoms with Gasteiger partial charge in [0.05, 0.1) is 5.39 Å². The average molecular weight is 505 g/mol. The zero-order valence-corrected chi connectivity index (χ0v) is 20.1. The van der Waals surface area contributed by atoms with Crippen LogP contribution in [0.15, 0.2) is 94.1 Å². The summed E-state index contributed by atoms with van der Waals surface area (Å²) in [4.78, 5) is 13.2. The number of rotatable bonds is 6. The van der Waals surface area contributed by atoms with Crippen molar-refractivity contribution in [1.82, 2.24) is 0 Å². The van der Waals surface area contributed by atoms with Crippen LogP contribution in [-0.2, 0) is 12.8 Å². The number of halogens is 3. The summed E-state index contributed by atoms with van der Waals surface area (Å²) in [6.45, 7) is 3.96. The molecular weight excluding hydrogens is 481 g/mol. The van der Waals surface area contributed by atoms with Crippen LogP contribution in [0.4, 0.5) is 13.2 Å². The summed E-state index contributed by atoms with van der Waals surface area (Å²) in [5.41, 5.74) is 0.445. The molecule has 0 unspecified atom stereocenters. The van der Waals surface area contributed by atoms with E-state index in [4.69, 9.17) is 13.9 Å². The van der Waals surface area contributed by atoms with Crippen LogP contribution in [0.3, 0.4) is 0 Å². The van der Waals surface area contributed by atoms with Crippen molar-refractivity contribution >= 4 is 21.7 Å². The summed E-state index contributed by atoms with van der Waals surface area (Å²) in [6.07, 6.45) is -4.95. The summed E-state index contributed by atoms with van der Waals surface area (Å²) in [6, 6.07) is 24.5. The Balaban J connectivity index is 1.53. The maximum Gasteiger partial charge on any atom is 0.453 e. The van der Waals surface area contributed by atoms with Crippen LogP contribution < -0.4 is 14.9 Å². The fourth-order valence-corrected chi connectivity index (χ4v) is 4.27. The molecule has 4 aromatic carbocycles. The molecule has 1 aromatic heterocycles. The van der Waals surface area contributed by atoms with Gasteiger partial charge in [0.15, 0.2) is 0 Å². The third-order valence-electron chi connectivity index (χ3n) is 6.11. The summed E-state index contributed by atoms with van der Waals surface area (Å²) in [5.74, 6) is -1.97. The maximum atomic E-state index is 14.0. The molecule has 0 spiro atoms. The monoisotopic (exact) mass is 504 g/mol. The molecule has 0 fully saturated rings. The second-order valence-electron chi connectivity index (χ2n) is 8.97. The molecule has 5 aromatic rings. The number of hydrogen-bond acceptors (Lipinski definition) is 4. The number of hydrogen-bond donors (Lipinski definition) is 0. The normalized spacial score (nSPS) is 11.8. The molecule has 0 aliphatic rings. The summed E-state index contributed by atoms with van der Waals surface area (Å²) in [7, 11) is 0. The van der Waals surface area contributed by atoms with E-state index in [1.807, 2.05) is 56.3 Å². The number of alkyl halides is 3. The second kappa shape index (κ2) is 9.65. The van der Waals surface area contributed by atoms with Gasteiger partial charge in [0.25, 0.3) is 5.76 Å². The molecule has 4 nitrogen and oxygen atoms in total. The molecule has 0 saturated heterocycles. The van der Waals surface area contributed by atoms with Crippen LogP contribution in [-0.4, -0.2) is 0 Å². The molecule has 0 bridgehead atoms. The first-order valence-corrected chi connectivity index (χ1v) is 11.8. The van der Waals surface area contributed by atoms with Crippen molar-refractivity contribution in [2.24, 2.45) is 0 Å². The Kier molecular flexibility index (Phi) is 6.38. The van der Waals surface area contributed by atoms with Crippen LogP contribution in [0.5, 0.6) is 17.2 Å². The van der Waals surface area contributed by atoms with Crippen molar-refractivity contribution in [1.29, 1.82) is 0 Å². The predicted octanol–water partition coefficient (Wildman–Crippen LogP) is 8.46. The smallest absolute Gasteiger partial charge is 0.453 e. The van der Waals surface area contributed by atoms with Crippen LogP contribution in [0.1, 0.15) is 36.7 Å². The zero-order valence-electron chi connectivity index (χ0n) is 20.1. The molecule has 0 saturated carbocycles. The number of para-hydroxylation sites is 1. The Hall–Kier alpha value is -4.26. The lowest BCUT2D eigenvalue weighted by Crippen LogP contribution is -2.16. The van der Waals surface area contributed by atoms with Crippen LogP contribution in [0.2, 0.25) is 0 Å². The van der Waals surface area contributed by atoms with Crippen molar-refractivity contribution in [2.75, 3.05) is 0 Å². The molecule has 188 valence electrons. The molecule has 7 heteroatoms. The Bertz CT molecular complexity index is 1650. The number of fused-ring (bicyclic) bond motifs is 2. The van der Waals surface area contributed by atoms with Gasteiger partial charge in [-0.2, -0.15) is 13.2 Å². The van der Waals surface area contributed by atoms with E-state index in [0.29, 0.717) is 5.56 Å². The third kappa shape index (κ3) is 4.89. The van der Waals surface area contributed by atoms with Gasteiger partial charge in [-0.25, -0.2) is 0 Å². The van der Waals surface area contributed by atoms with Gasteiger partial charge in [-0.15, -0.1) is 0 Å². The highest BCUT2D eigenvalue weighted by Gasteiger charge is 2.40. The van der Waals surface area contributed by atoms with Gasteiger partial charge in [0.1, 0.15) is 23.7 Å². The van der Waals surface area contributed by atoms with Crippen molar-refractivity contribution in [2.45, 2.75) is 32.5 Å². The minimum absolute atomic E-state index is 0.0283. The molecule has 0 amide bonds. The molecule has 0 atom stereocenters. The van der Waals surface area contributed by atoms with Crippen molar-refractivity contribution < 1.29 is 27.1 Å². The SMILES string of the molecule is CC(C)c1ccccc1Oc1c(C(F)(F)F)oc2cc(OCc3cccc4ccccc34)ccc2c1=O. The van der Waals surface area contributed by atoms with Crippen molar-refractivity contribution in [3.8, 4) is 17.2 Å². The first-order chi connectivity index (χ1) is 17.7. The predicted molar refractivity (Wildman–Crippen MR) is 136 cm³/mol. The van der Waals surface area contributed by atoms with E-state index in [9.17, 15) is 18.0 Å². The van der Waals surface area contributed by atoms with Gasteiger partial charge in [-0.05, 0) is 46.0 Å². The molecule has 5 rings (SSSR count). The van der Waals surface area contributed by atoms with Crippen molar-refractivity contribution in [3.63, 3.8) is 0 Å². The molecule has 0 aliphatic heterocycles. The topological polar surface area (TPSA) is 48.7 Å². The largest absolute Gasteiger partial charge is 0.489 e. The van der Waals surface area contributed by atoms with E-state index in [2.05, 4.69) is 0 Å². The number of benzene rings is 4. The van der Waals surface area contributed by atoms with E-state index >= 15 is 0 Å². The molecule has 37 heavy (non-hydrogen) atoms. The van der Waals surface area contributed by atoms with E-state index in [0.717, 1.165) is 16.3 Å². The molecule has 0 aliphatic carbocycles. The zero-order chi connectivity index (χ0) is 26.2. The fraction of sp³-hybridized carbons (Fsp3) is 0.167. The number of ether oxygens (including phenoxy) is 2. The lowest BCUT2D eigenvalue weighted by molar-refractivity contribution is -0.154. The van der Waals surface area contributed by atoms with Crippen LogP contribution in [0.25, 0.3) is 21.7 Å². The first kappa shape index (κ1) is 24.4. The van der Waals surface area contributed by atoms with Crippen molar-refractivity contribution in [3.05, 3.63) is 112 Å². The highest BCUT2D eigenvalue weighted by molar-refractivity contribution is 5.85. The third-order valence-corrected chi connectivity index (χ3v) is 6.11. The lowest BCUT2D eigenvalue weighted by Gasteiger charge is -2.17. The van der Waals surface area contributed by atoms with E-state index in [-0.39, 0.29) is 35.0 Å². The summed E-state index contributed by atoms with van der Waals surface area (Å²) in [5, 5.41) is 2.03. The Morgan fingerprint density at radius 2 is 1.59 bits per heavy atom. The van der Waals surface area contributed by atoms with Gasteiger partial charge >= 0.3 is 6.18 Å². The molecule has 0 N–H and O–H groups in total. The molecular formula is C30H23F3O4. The first-order valence-electron chi connectivity index (χ1n) is 11.8. The van der Waals surface area contributed by atoms with Gasteiger partial charge in [0, 0.05) is 6.07 Å². The standard InChI is InChI=1S/C30H23F3O4/c1-18(2)22-11-5-6-13-25(22)36-28-27(34)24-15-14-21(16-26(24)37-29(28)30(31,32)33)35-17-20-10-7-9-19-8-3-4-12-23(19)20/h3-16,18H,17H2,1-2H3. The van der Waals surface area contributed by atoms with Crippen LogP contribution in [0, 0.1) is 0 Å². The van der Waals surface area contributed by atoms with Gasteiger partial charge < -0.3 is 13.9 Å². The van der Waals surface area contributed by atoms with E-state index in [1.165, 1.54) is 24.3 Å². The van der Waals surface area contributed by atoms with E-state index in [1.54, 1.807) is 18.2 Å². The quantitative estimate of drug-likeness (QED) is 0.233. The Morgan fingerprint density at radius 1 is 0.865 bits per heavy atom. The van der Waals surface area contributed by atoms with Gasteiger partial charge in [-0.1, -0.05) is 74.5 Å². The van der Waals surface area contributed by atoms with Crippen LogP contribution >= 0.6 is 0 Å². The minimum Gasteiger partial charge on any atom is -0.489 e.